The fraction of sp³-hybridized carbons (Fsp3) is 0.846. The SMILES string of the molecule is CCC1(C(=O)N[C@H](C(=O)O)C(C)C)CCCNC1. The first-order valence-electron chi connectivity index (χ1n) is 6.67. The summed E-state index contributed by atoms with van der Waals surface area (Å²) < 4.78 is 0. The zero-order valence-electron chi connectivity index (χ0n) is 11.5. The Labute approximate surface area is 108 Å². The third-order valence-corrected chi connectivity index (χ3v) is 3.85. The van der Waals surface area contributed by atoms with E-state index in [1.165, 1.54) is 0 Å². The van der Waals surface area contributed by atoms with Gasteiger partial charge in [-0.1, -0.05) is 20.8 Å². The highest BCUT2D eigenvalue weighted by atomic mass is 16.4. The Balaban J connectivity index is 2.75. The van der Waals surface area contributed by atoms with E-state index in [9.17, 15) is 9.59 Å². The van der Waals surface area contributed by atoms with Crippen LogP contribution in [0.1, 0.15) is 40.0 Å². The Bertz CT molecular complexity index is 309. The Morgan fingerprint density at radius 1 is 1.44 bits per heavy atom. The summed E-state index contributed by atoms with van der Waals surface area (Å²) in [5.41, 5.74) is -0.444. The quantitative estimate of drug-likeness (QED) is 0.685. The average molecular weight is 256 g/mol. The molecule has 0 aromatic rings. The van der Waals surface area contributed by atoms with Gasteiger partial charge < -0.3 is 15.7 Å². The number of piperidine rings is 1. The van der Waals surface area contributed by atoms with E-state index >= 15 is 0 Å². The largest absolute Gasteiger partial charge is 0.480 e. The van der Waals surface area contributed by atoms with Crippen LogP contribution in [0.3, 0.4) is 0 Å². The molecule has 0 radical (unpaired) electrons. The number of hydrogen-bond donors (Lipinski definition) is 3. The molecule has 0 saturated carbocycles. The highest BCUT2D eigenvalue weighted by Gasteiger charge is 2.39. The molecule has 104 valence electrons. The van der Waals surface area contributed by atoms with Crippen LogP contribution >= 0.6 is 0 Å². The molecule has 5 heteroatoms. The van der Waals surface area contributed by atoms with Gasteiger partial charge in [0.1, 0.15) is 6.04 Å². The Kier molecular flexibility index (Phi) is 5.14. The maximum absolute atomic E-state index is 12.4. The van der Waals surface area contributed by atoms with E-state index in [2.05, 4.69) is 10.6 Å². The smallest absolute Gasteiger partial charge is 0.326 e. The summed E-state index contributed by atoms with van der Waals surface area (Å²) >= 11 is 0. The molecule has 1 rings (SSSR count). The first kappa shape index (κ1) is 15.0. The molecule has 0 aromatic carbocycles. The molecule has 1 amide bonds. The van der Waals surface area contributed by atoms with Crippen molar-refractivity contribution in [1.29, 1.82) is 0 Å². The molecule has 1 heterocycles. The minimum Gasteiger partial charge on any atom is -0.480 e. The van der Waals surface area contributed by atoms with Crippen LogP contribution < -0.4 is 10.6 Å². The second kappa shape index (κ2) is 6.18. The lowest BCUT2D eigenvalue weighted by Crippen LogP contribution is -2.55. The van der Waals surface area contributed by atoms with E-state index in [-0.39, 0.29) is 11.8 Å². The van der Waals surface area contributed by atoms with Gasteiger partial charge in [-0.2, -0.15) is 0 Å². The van der Waals surface area contributed by atoms with E-state index in [4.69, 9.17) is 5.11 Å². The molecule has 5 nitrogen and oxygen atoms in total. The van der Waals surface area contributed by atoms with Crippen molar-refractivity contribution in [3.8, 4) is 0 Å². The van der Waals surface area contributed by atoms with Gasteiger partial charge in [-0.15, -0.1) is 0 Å². The second-order valence-corrected chi connectivity index (χ2v) is 5.45. The van der Waals surface area contributed by atoms with Crippen LogP contribution in [0.25, 0.3) is 0 Å². The Morgan fingerprint density at radius 2 is 2.11 bits per heavy atom. The van der Waals surface area contributed by atoms with Gasteiger partial charge in [0, 0.05) is 6.54 Å². The molecule has 18 heavy (non-hydrogen) atoms. The molecular weight excluding hydrogens is 232 g/mol. The molecule has 1 aliphatic rings. The van der Waals surface area contributed by atoms with Gasteiger partial charge in [-0.3, -0.25) is 4.79 Å². The third-order valence-electron chi connectivity index (χ3n) is 3.85. The van der Waals surface area contributed by atoms with Gasteiger partial charge in [0.25, 0.3) is 0 Å². The van der Waals surface area contributed by atoms with Gasteiger partial charge in [-0.05, 0) is 31.7 Å². The minimum absolute atomic E-state index is 0.114. The van der Waals surface area contributed by atoms with Crippen LogP contribution in [-0.2, 0) is 9.59 Å². The molecule has 1 fully saturated rings. The maximum Gasteiger partial charge on any atom is 0.326 e. The summed E-state index contributed by atoms with van der Waals surface area (Å²) in [6.07, 6.45) is 2.52. The van der Waals surface area contributed by atoms with Crippen molar-refractivity contribution >= 4 is 11.9 Å². The number of carboxylic acids is 1. The normalized spacial score (nSPS) is 25.8. The fourth-order valence-corrected chi connectivity index (χ4v) is 2.43. The summed E-state index contributed by atoms with van der Waals surface area (Å²) in [5.74, 6) is -1.21. The second-order valence-electron chi connectivity index (χ2n) is 5.45. The predicted molar refractivity (Wildman–Crippen MR) is 69.2 cm³/mol. The number of aliphatic carboxylic acids is 1. The van der Waals surface area contributed by atoms with Crippen molar-refractivity contribution in [2.24, 2.45) is 11.3 Å². The van der Waals surface area contributed by atoms with Gasteiger partial charge in [-0.25, -0.2) is 4.79 Å². The van der Waals surface area contributed by atoms with Crippen molar-refractivity contribution in [3.05, 3.63) is 0 Å². The summed E-state index contributed by atoms with van der Waals surface area (Å²) in [4.78, 5) is 23.5. The lowest BCUT2D eigenvalue weighted by molar-refractivity contribution is -0.145. The molecule has 0 bridgehead atoms. The van der Waals surface area contributed by atoms with Crippen LogP contribution in [0.5, 0.6) is 0 Å². The first-order valence-corrected chi connectivity index (χ1v) is 6.67. The van der Waals surface area contributed by atoms with E-state index in [1.54, 1.807) is 13.8 Å². The van der Waals surface area contributed by atoms with Crippen molar-refractivity contribution in [2.75, 3.05) is 13.1 Å². The van der Waals surface area contributed by atoms with Gasteiger partial charge in [0.05, 0.1) is 5.41 Å². The number of carbonyl (C=O) groups excluding carboxylic acids is 1. The van der Waals surface area contributed by atoms with Crippen molar-refractivity contribution in [1.82, 2.24) is 10.6 Å². The highest BCUT2D eigenvalue weighted by molar-refractivity contribution is 5.87. The summed E-state index contributed by atoms with van der Waals surface area (Å²) in [6.45, 7) is 7.16. The number of hydrogen-bond acceptors (Lipinski definition) is 3. The average Bonchev–Trinajstić information content (AvgIpc) is 2.35. The number of rotatable bonds is 5. The van der Waals surface area contributed by atoms with E-state index in [1.807, 2.05) is 6.92 Å². The van der Waals surface area contributed by atoms with Gasteiger partial charge >= 0.3 is 5.97 Å². The van der Waals surface area contributed by atoms with Crippen LogP contribution in [-0.4, -0.2) is 36.1 Å². The fourth-order valence-electron chi connectivity index (χ4n) is 2.43. The zero-order chi connectivity index (χ0) is 13.8. The lowest BCUT2D eigenvalue weighted by Gasteiger charge is -2.36. The molecule has 0 aliphatic carbocycles. The van der Waals surface area contributed by atoms with E-state index in [0.717, 1.165) is 25.8 Å². The molecule has 0 spiro atoms. The van der Waals surface area contributed by atoms with Crippen LogP contribution in [0, 0.1) is 11.3 Å². The lowest BCUT2D eigenvalue weighted by atomic mass is 9.77. The summed E-state index contributed by atoms with van der Waals surface area (Å²) in [7, 11) is 0. The molecule has 1 saturated heterocycles. The topological polar surface area (TPSA) is 78.4 Å². The van der Waals surface area contributed by atoms with Crippen molar-refractivity contribution in [2.45, 2.75) is 46.1 Å². The number of carbonyl (C=O) groups is 2. The van der Waals surface area contributed by atoms with Crippen LogP contribution in [0.4, 0.5) is 0 Å². The van der Waals surface area contributed by atoms with Gasteiger partial charge in [0.2, 0.25) is 5.91 Å². The van der Waals surface area contributed by atoms with Crippen molar-refractivity contribution < 1.29 is 14.7 Å². The summed E-state index contributed by atoms with van der Waals surface area (Å²) in [5, 5.41) is 15.0. The first-order chi connectivity index (χ1) is 8.43. The molecule has 0 aromatic heterocycles. The minimum atomic E-state index is -0.964. The zero-order valence-corrected chi connectivity index (χ0v) is 11.5. The van der Waals surface area contributed by atoms with E-state index < -0.39 is 17.4 Å². The monoisotopic (exact) mass is 256 g/mol. The van der Waals surface area contributed by atoms with Crippen LogP contribution in [0.15, 0.2) is 0 Å². The third kappa shape index (κ3) is 3.22. The number of amides is 1. The summed E-state index contributed by atoms with van der Waals surface area (Å²) in [6, 6.07) is -0.803. The Hall–Kier alpha value is -1.10. The highest BCUT2D eigenvalue weighted by Crippen LogP contribution is 2.30. The standard InChI is InChI=1S/C13H24N2O3/c1-4-13(6-5-7-14-8-13)12(18)15-10(9(2)3)11(16)17/h9-10,14H,4-8H2,1-3H3,(H,15,18)(H,16,17)/t10-,13?/m0/s1. The van der Waals surface area contributed by atoms with Gasteiger partial charge in [0.15, 0.2) is 0 Å². The van der Waals surface area contributed by atoms with E-state index in [0.29, 0.717) is 6.54 Å². The molecule has 2 atom stereocenters. The molecule has 1 aliphatic heterocycles. The number of carboxylic acid groups (broad SMARTS) is 1. The van der Waals surface area contributed by atoms with Crippen LogP contribution in [0.2, 0.25) is 0 Å². The predicted octanol–water partition coefficient (Wildman–Crippen LogP) is 0.992. The number of nitrogens with one attached hydrogen (secondary N) is 2. The van der Waals surface area contributed by atoms with Crippen molar-refractivity contribution in [3.63, 3.8) is 0 Å². The maximum atomic E-state index is 12.4. The molecular formula is C13H24N2O3. The molecule has 3 N–H and O–H groups in total. The Morgan fingerprint density at radius 3 is 2.50 bits per heavy atom. The molecule has 1 unspecified atom stereocenters.